The van der Waals surface area contributed by atoms with Crippen molar-refractivity contribution in [2.45, 2.75) is 53.0 Å². The summed E-state index contributed by atoms with van der Waals surface area (Å²) >= 11 is -0.963. The van der Waals surface area contributed by atoms with E-state index in [9.17, 15) is 4.48 Å². The molecule has 0 aliphatic carbocycles. The second-order valence-corrected chi connectivity index (χ2v) is 3.14. The molecule has 0 rings (SSSR count). The summed E-state index contributed by atoms with van der Waals surface area (Å²) < 4.78 is 19.5. The number of rotatable bonds is 3. The molecular weight excluding hydrogens is 219 g/mol. The van der Waals surface area contributed by atoms with Crippen LogP contribution in [0.5, 0.6) is 0 Å². The van der Waals surface area contributed by atoms with Crippen LogP contribution in [0.4, 0.5) is 4.48 Å². The molecule has 1 unspecified atom stereocenters. The summed E-state index contributed by atoms with van der Waals surface area (Å²) in [5.74, 6) is 0. The second kappa shape index (κ2) is 15.4. The second-order valence-electron chi connectivity index (χ2n) is 2.55. The predicted molar refractivity (Wildman–Crippen MR) is 44.2 cm³/mol. The maximum absolute atomic E-state index is 12.2. The molecule has 0 aliphatic rings. The topological polar surface area (TPSA) is 3.01 Å². The maximum atomic E-state index is 12.2. The van der Waals surface area contributed by atoms with Crippen LogP contribution in [0.2, 0.25) is 0 Å². The SMILES string of the molecule is CCCC.[3H-].[3H][V]=[N+](F)C(C)CC.[K+]. The Morgan fingerprint density at radius 2 is 1.92 bits per heavy atom. The molecule has 0 aromatic carbocycles. The van der Waals surface area contributed by atoms with E-state index < -0.39 is 17.1 Å². The van der Waals surface area contributed by atoms with Gasteiger partial charge in [0.2, 0.25) is 0 Å². The van der Waals surface area contributed by atoms with E-state index in [4.69, 9.17) is 0.879 Å². The van der Waals surface area contributed by atoms with Gasteiger partial charge in [0, 0.05) is 0 Å². The number of unbranched alkanes of at least 4 members (excludes halogenated alkanes) is 1. The number of hydrogen-bond donors (Lipinski definition) is 0. The smallest absolute Gasteiger partial charge is 1.00 e. The molecule has 0 heterocycles. The number of nitrogens with zero attached hydrogens (tertiary/aromatic N) is 1. The minimum absolute atomic E-state index is 0. The monoisotopic (exact) mass is 244 g/mol. The molecule has 0 bridgehead atoms. The quantitative estimate of drug-likeness (QED) is 0.488. The van der Waals surface area contributed by atoms with E-state index in [2.05, 4.69) is 13.8 Å². The Morgan fingerprint density at radius 3 is 2.00 bits per heavy atom. The maximum Gasteiger partial charge on any atom is 1.00 e. The van der Waals surface area contributed by atoms with Crippen LogP contribution < -0.4 is 51.4 Å². The Morgan fingerprint density at radius 1 is 1.50 bits per heavy atom. The number of hydrogen-bond acceptors (Lipinski definition) is 0. The van der Waals surface area contributed by atoms with Crippen LogP contribution in [0.1, 0.15) is 48.4 Å². The standard InChI is InChI=1S/C4H9FN.C4H10.K.V.2H/c1-3-4(2)6-5;1-3-4-2;;;;/h4H,3H2,1-2H3;3-4H2,1-2H3;;;;/q-1;;+1;+2;;-1/i;;;;2*1+2. The van der Waals surface area contributed by atoms with Crippen LogP contribution in [0.15, 0.2) is 0 Å². The van der Waals surface area contributed by atoms with Crippen molar-refractivity contribution in [3.63, 3.8) is 0 Å². The first-order valence-electron chi connectivity index (χ1n) is 4.68. The zero-order chi connectivity index (χ0) is 9.98. The largest absolute Gasteiger partial charge is 1.00 e. The summed E-state index contributed by atoms with van der Waals surface area (Å²) in [4.78, 5) is 0. The minimum Gasteiger partial charge on any atom is 1.00 e. The Bertz CT molecular complexity index is 126. The van der Waals surface area contributed by atoms with Crippen molar-refractivity contribution >= 4 is 0 Å². The molecule has 0 spiro atoms. The normalized spacial score (nSPS) is 13.4. The van der Waals surface area contributed by atoms with E-state index in [0.717, 1.165) is 6.42 Å². The van der Waals surface area contributed by atoms with Crippen molar-refractivity contribution in [2.75, 3.05) is 0 Å². The van der Waals surface area contributed by atoms with Gasteiger partial charge in [-0.15, -0.1) is 0 Å². The molecule has 0 saturated carbocycles. The minimum atomic E-state index is -0.963. The van der Waals surface area contributed by atoms with E-state index in [-0.39, 0.29) is 58.9 Å². The average molecular weight is 244 g/mol. The van der Waals surface area contributed by atoms with Gasteiger partial charge < -0.3 is 1.43 Å². The molecule has 0 aliphatic heterocycles. The van der Waals surface area contributed by atoms with Gasteiger partial charge in [0.1, 0.15) is 0 Å². The van der Waals surface area contributed by atoms with Crippen LogP contribution >= 0.6 is 0 Å². The van der Waals surface area contributed by atoms with Crippen molar-refractivity contribution in [2.24, 2.45) is 0 Å². The molecule has 4 heteroatoms. The molecule has 0 N–H and O–H groups in total. The van der Waals surface area contributed by atoms with Gasteiger partial charge in [0.25, 0.3) is 0 Å². The molecule has 0 saturated heterocycles. The van der Waals surface area contributed by atoms with Crippen molar-refractivity contribution in [3.05, 3.63) is 0 Å². The first kappa shape index (κ1) is 16.4. The zero-order valence-electron chi connectivity index (χ0n) is 11.0. The van der Waals surface area contributed by atoms with Gasteiger partial charge in [-0.25, -0.2) is 0 Å². The third-order valence-electron chi connectivity index (χ3n) is 1.45. The van der Waals surface area contributed by atoms with Crippen molar-refractivity contribution < 1.29 is 78.0 Å². The van der Waals surface area contributed by atoms with Gasteiger partial charge in [-0.3, -0.25) is 0 Å². The Hall–Kier alpha value is 1.95. The molecule has 0 fully saturated rings. The van der Waals surface area contributed by atoms with Crippen LogP contribution in [-0.4, -0.2) is 10.5 Å². The molecule has 0 amide bonds. The van der Waals surface area contributed by atoms with Gasteiger partial charge in [-0.1, -0.05) is 26.7 Å². The molecule has 0 radical (unpaired) electrons. The summed E-state index contributed by atoms with van der Waals surface area (Å²) in [6.45, 7) is 8.05. The van der Waals surface area contributed by atoms with E-state index in [1.807, 2.05) is 6.92 Å². The van der Waals surface area contributed by atoms with Crippen LogP contribution in [0.3, 0.4) is 0 Å². The summed E-state index contributed by atoms with van der Waals surface area (Å²) in [6.07, 6.45) is 3.42. The van der Waals surface area contributed by atoms with Gasteiger partial charge in [0.15, 0.2) is 0 Å². The molecule has 1 atom stereocenters. The van der Waals surface area contributed by atoms with Gasteiger partial charge in [-0.2, -0.15) is 0 Å². The molecule has 70 valence electrons. The Kier molecular flexibility index (Phi) is 21.1. The van der Waals surface area contributed by atoms with Crippen LogP contribution in [-0.2, 0) is 17.1 Å². The predicted octanol–water partition coefficient (Wildman–Crippen LogP) is 0.0675. The van der Waals surface area contributed by atoms with Gasteiger partial charge in [-0.05, 0) is 0 Å². The van der Waals surface area contributed by atoms with Gasteiger partial charge >= 0.3 is 104 Å². The molecule has 0 aromatic rings. The van der Waals surface area contributed by atoms with Crippen molar-refractivity contribution in [3.8, 4) is 0 Å². The molecule has 1 nitrogen and oxygen atoms in total. The fraction of sp³-hybridized carbons (Fsp3) is 1.00. The fourth-order valence-corrected chi connectivity index (χ4v) is 0.406. The average Bonchev–Trinajstić information content (AvgIpc) is 2.15. The third-order valence-corrected chi connectivity index (χ3v) is 2.07. The van der Waals surface area contributed by atoms with E-state index in [0.29, 0.717) is 3.60 Å². The molecular formula is C8H21FKNV+. The van der Waals surface area contributed by atoms with Crippen molar-refractivity contribution in [1.29, 1.82) is 0.879 Å². The van der Waals surface area contributed by atoms with Crippen LogP contribution in [0, 0.1) is 0 Å². The van der Waals surface area contributed by atoms with Gasteiger partial charge in [0.05, 0.1) is 0 Å². The van der Waals surface area contributed by atoms with Crippen molar-refractivity contribution in [1.82, 2.24) is 0 Å². The van der Waals surface area contributed by atoms with E-state index in [1.165, 1.54) is 12.8 Å². The van der Waals surface area contributed by atoms with E-state index in [1.54, 1.807) is 6.92 Å². The molecule has 0 aromatic heterocycles. The third kappa shape index (κ3) is 17.9. The molecule has 12 heavy (non-hydrogen) atoms. The summed E-state index contributed by atoms with van der Waals surface area (Å²) in [7, 11) is 0. The summed E-state index contributed by atoms with van der Waals surface area (Å²) in [5.41, 5.74) is 0. The number of halogens is 1. The van der Waals surface area contributed by atoms with Crippen LogP contribution in [0.25, 0.3) is 0 Å². The first-order chi connectivity index (χ1) is 5.63. The Labute approximate surface area is 130 Å². The zero-order valence-corrected chi connectivity index (χ0v) is 13.5. The fourth-order valence-electron chi connectivity index (χ4n) is 0.151. The van der Waals surface area contributed by atoms with E-state index >= 15 is 0 Å². The Balaban J connectivity index is -0.0000000733. The summed E-state index contributed by atoms with van der Waals surface area (Å²) in [5, 5.41) is 0. The first-order valence-corrected chi connectivity index (χ1v) is 4.86. The summed E-state index contributed by atoms with van der Waals surface area (Å²) in [6, 6.07) is -0.0625.